The molecule has 0 saturated heterocycles. The van der Waals surface area contributed by atoms with Crippen LogP contribution in [0.2, 0.25) is 0 Å². The Morgan fingerprint density at radius 1 is 0.483 bits per heavy atom. The summed E-state index contributed by atoms with van der Waals surface area (Å²) in [5.74, 6) is -12.5. The number of benzene rings is 3. The molecule has 0 bridgehead atoms. The van der Waals surface area contributed by atoms with E-state index in [0.29, 0.717) is 36.0 Å². The molecule has 3 aromatic rings. The molecule has 10 atom stereocenters. The van der Waals surface area contributed by atoms with Crippen LogP contribution in [-0.2, 0) is 76.8 Å². The number of carboxylic acid groups (broad SMARTS) is 2. The van der Waals surface area contributed by atoms with Crippen LogP contribution in [-0.4, -0.2) is 154 Å². The Kier molecular flexibility index (Phi) is 32.0. The first-order valence-corrected chi connectivity index (χ1v) is 29.9. The monoisotopic (exact) mass is 1240 g/mol. The topological polar surface area (TPSA) is 452 Å². The molecule has 3 rings (SSSR count). The maximum absolute atomic E-state index is 14.7. The summed E-state index contributed by atoms with van der Waals surface area (Å²) in [5, 5.41) is 52.0. The summed E-state index contributed by atoms with van der Waals surface area (Å²) in [6.07, 6.45) is -0.627. The molecule has 0 saturated carbocycles. The number of primary amides is 1. The van der Waals surface area contributed by atoms with Gasteiger partial charge in [0.2, 0.25) is 59.1 Å². The van der Waals surface area contributed by atoms with E-state index in [1.165, 1.54) is 12.1 Å². The number of aromatic hydroxyl groups is 1. The van der Waals surface area contributed by atoms with Gasteiger partial charge in [0, 0.05) is 25.7 Å². The summed E-state index contributed by atoms with van der Waals surface area (Å²) in [6, 6.07) is 10.9. The molecule has 10 amide bonds. The number of phenols is 1. The molecule has 0 aromatic heterocycles. The molecule has 0 unspecified atom stereocenters. The van der Waals surface area contributed by atoms with Gasteiger partial charge in [-0.05, 0) is 98.1 Å². The van der Waals surface area contributed by atoms with Crippen LogP contribution < -0.4 is 65.1 Å². The first-order chi connectivity index (χ1) is 42.1. The van der Waals surface area contributed by atoms with Crippen LogP contribution in [0, 0.1) is 17.8 Å². The second kappa shape index (κ2) is 38.3. The zero-order valence-electron chi connectivity index (χ0n) is 51.4. The second-order valence-electron chi connectivity index (χ2n) is 22.8. The van der Waals surface area contributed by atoms with Gasteiger partial charge in [-0.25, -0.2) is 4.79 Å². The van der Waals surface area contributed by atoms with Crippen LogP contribution in [0.15, 0.2) is 84.9 Å². The molecule has 488 valence electrons. The summed E-state index contributed by atoms with van der Waals surface area (Å²) in [7, 11) is 0. The van der Waals surface area contributed by atoms with Gasteiger partial charge < -0.3 is 80.4 Å². The van der Waals surface area contributed by atoms with E-state index in [4.69, 9.17) is 17.2 Å². The fraction of sp³-hybridized carbons (Fsp3) is 0.516. The smallest absolute Gasteiger partial charge is 0.326 e. The summed E-state index contributed by atoms with van der Waals surface area (Å²) < 4.78 is 0. The van der Waals surface area contributed by atoms with Crippen molar-refractivity contribution in [3.63, 3.8) is 0 Å². The average Bonchev–Trinajstić information content (AvgIpc) is 3.64. The Morgan fingerprint density at radius 2 is 0.933 bits per heavy atom. The third kappa shape index (κ3) is 27.3. The number of aliphatic carboxylic acids is 2. The maximum Gasteiger partial charge on any atom is 0.326 e. The van der Waals surface area contributed by atoms with Gasteiger partial charge >= 0.3 is 11.9 Å². The van der Waals surface area contributed by atoms with Crippen molar-refractivity contribution in [3.05, 3.63) is 102 Å². The van der Waals surface area contributed by atoms with Crippen LogP contribution in [0.4, 0.5) is 0 Å². The minimum absolute atomic E-state index is 0.00275. The molecule has 0 aliphatic heterocycles. The fourth-order valence-corrected chi connectivity index (χ4v) is 9.27. The van der Waals surface area contributed by atoms with Gasteiger partial charge in [0.1, 0.15) is 54.1 Å². The van der Waals surface area contributed by atoms with Crippen molar-refractivity contribution in [2.75, 3.05) is 13.1 Å². The zero-order chi connectivity index (χ0) is 66.3. The number of carbonyl (C=O) groups is 12. The molecule has 0 heterocycles. The van der Waals surface area contributed by atoms with Gasteiger partial charge in [-0.3, -0.25) is 52.7 Å². The van der Waals surface area contributed by atoms with Crippen LogP contribution in [0.5, 0.6) is 5.75 Å². The van der Waals surface area contributed by atoms with Gasteiger partial charge in [-0.15, -0.1) is 0 Å². The Hall–Kier alpha value is -8.98. The molecular weight excluding hydrogens is 1150 g/mol. The largest absolute Gasteiger partial charge is 0.508 e. The molecular formula is C62H90N12O15. The van der Waals surface area contributed by atoms with E-state index >= 15 is 0 Å². The van der Waals surface area contributed by atoms with Crippen LogP contribution in [0.25, 0.3) is 0 Å². The van der Waals surface area contributed by atoms with Crippen LogP contribution in [0.3, 0.4) is 0 Å². The van der Waals surface area contributed by atoms with Crippen molar-refractivity contribution >= 4 is 71.0 Å². The van der Waals surface area contributed by atoms with Crippen LogP contribution >= 0.6 is 0 Å². The Morgan fingerprint density at radius 3 is 1.43 bits per heavy atom. The van der Waals surface area contributed by atoms with Crippen molar-refractivity contribution in [2.24, 2.45) is 35.0 Å². The molecule has 27 heteroatoms. The van der Waals surface area contributed by atoms with E-state index in [2.05, 4.69) is 47.9 Å². The highest BCUT2D eigenvalue weighted by Crippen LogP contribution is 2.15. The summed E-state index contributed by atoms with van der Waals surface area (Å²) >= 11 is 0. The third-order valence-corrected chi connectivity index (χ3v) is 14.5. The van der Waals surface area contributed by atoms with Crippen molar-refractivity contribution in [3.8, 4) is 5.75 Å². The predicted octanol–water partition coefficient (Wildman–Crippen LogP) is -0.166. The Bertz CT molecular complexity index is 2840. The van der Waals surface area contributed by atoms with E-state index in [9.17, 15) is 72.9 Å². The lowest BCUT2D eigenvalue weighted by molar-refractivity contribution is -0.144. The second-order valence-corrected chi connectivity index (χ2v) is 22.8. The zero-order valence-corrected chi connectivity index (χ0v) is 51.4. The first kappa shape index (κ1) is 74.3. The van der Waals surface area contributed by atoms with Crippen molar-refractivity contribution in [1.82, 2.24) is 47.9 Å². The minimum atomic E-state index is -1.51. The molecule has 0 radical (unpaired) electrons. The average molecular weight is 1240 g/mol. The van der Waals surface area contributed by atoms with Gasteiger partial charge in [-0.2, -0.15) is 0 Å². The number of amides is 10. The number of nitrogens with one attached hydrogen (secondary N) is 9. The van der Waals surface area contributed by atoms with Gasteiger partial charge in [0.05, 0.1) is 12.6 Å². The third-order valence-electron chi connectivity index (χ3n) is 14.5. The molecule has 27 nitrogen and oxygen atoms in total. The predicted molar refractivity (Wildman–Crippen MR) is 328 cm³/mol. The van der Waals surface area contributed by atoms with E-state index in [1.54, 1.807) is 114 Å². The molecule has 0 aliphatic carbocycles. The SMILES string of the molecule is CC[C@H](C)[C@H](NC(=O)CNC(=O)[C@H](Cc1ccccc1)NC(=O)[C@H](Cc1ccccc1)NC(=O)[C@H](CC(C)C)NC(=O)[C@H](CCC(N)=O)NC(=O)[C@H](CCCCN)NC(=O)[C@@H](N)Cc1ccc(O)cc1)C(=O)N[C@@H](CCC(=O)O)C(=O)N[C@H](C(=O)O)C(C)C. The normalized spacial score (nSPS) is 14.5. The van der Waals surface area contributed by atoms with E-state index < -0.39 is 157 Å². The molecule has 0 aliphatic rings. The van der Waals surface area contributed by atoms with E-state index in [-0.39, 0.29) is 63.2 Å². The number of carboxylic acids is 2. The highest BCUT2D eigenvalue weighted by Gasteiger charge is 2.36. The van der Waals surface area contributed by atoms with E-state index in [1.807, 2.05) is 0 Å². The van der Waals surface area contributed by atoms with Gasteiger partial charge in [-0.1, -0.05) is 121 Å². The number of phenolic OH excluding ortho intramolecular Hbond substituents is 1. The summed E-state index contributed by atoms with van der Waals surface area (Å²) in [4.78, 5) is 162. The molecule has 89 heavy (non-hydrogen) atoms. The number of hydrogen-bond donors (Lipinski definition) is 15. The number of nitrogens with two attached hydrogens (primary N) is 3. The standard InChI is InChI=1S/C62H90N12O15/c1-7-37(6)53(61(87)69-45(26-28-51(78)79)58(84)74-52(36(4)5)62(88)89)73-50(77)34-66-55(81)47(32-38-16-10-8-11-17-38)71-60(86)48(33-39-18-12-9-13-19-39)72-59(85)46(30-35(2)3)70-57(83)44(25-27-49(65)76)68-56(82)43(20-14-15-29-63)67-54(80)42(64)31-40-21-23-41(75)24-22-40/h8-13,16-19,21-24,35-37,42-48,52-53,75H,7,14-15,20,25-34,63-64H2,1-6H3,(H2,65,76)(H,66,81)(H,67,80)(H,68,82)(H,69,87)(H,70,83)(H,71,86)(H,72,85)(H,73,77)(H,74,84)(H,78,79)(H,88,89)/t37-,42-,43-,44-,45-,46-,47-,48-,52-,53-/m0/s1. The number of carbonyl (C=O) groups excluding carboxylic acids is 10. The molecule has 18 N–H and O–H groups in total. The van der Waals surface area contributed by atoms with Crippen molar-refractivity contribution in [2.45, 2.75) is 173 Å². The van der Waals surface area contributed by atoms with Crippen molar-refractivity contribution in [1.29, 1.82) is 0 Å². The number of unbranched alkanes of at least 4 members (excludes halogenated alkanes) is 1. The Balaban J connectivity index is 1.91. The maximum atomic E-state index is 14.7. The quantitative estimate of drug-likeness (QED) is 0.0329. The van der Waals surface area contributed by atoms with Gasteiger partial charge in [0.25, 0.3) is 0 Å². The lowest BCUT2D eigenvalue weighted by atomic mass is 9.97. The Labute approximate surface area is 518 Å². The van der Waals surface area contributed by atoms with Crippen molar-refractivity contribution < 1.29 is 72.9 Å². The summed E-state index contributed by atoms with van der Waals surface area (Å²) in [5.41, 5.74) is 19.3. The lowest BCUT2D eigenvalue weighted by Gasteiger charge is -2.28. The van der Waals surface area contributed by atoms with E-state index in [0.717, 1.165) is 0 Å². The highest BCUT2D eigenvalue weighted by atomic mass is 16.4. The van der Waals surface area contributed by atoms with Gasteiger partial charge in [0.15, 0.2) is 0 Å². The lowest BCUT2D eigenvalue weighted by Crippen LogP contribution is -2.60. The number of hydrogen-bond acceptors (Lipinski definition) is 15. The number of rotatable bonds is 40. The molecule has 0 spiro atoms. The molecule has 0 fully saturated rings. The minimum Gasteiger partial charge on any atom is -0.508 e. The highest BCUT2D eigenvalue weighted by molar-refractivity contribution is 5.98. The van der Waals surface area contributed by atoms with Crippen LogP contribution in [0.1, 0.15) is 116 Å². The summed E-state index contributed by atoms with van der Waals surface area (Å²) in [6.45, 7) is 9.53. The fourth-order valence-electron chi connectivity index (χ4n) is 9.27. The molecule has 3 aromatic carbocycles. The first-order valence-electron chi connectivity index (χ1n) is 29.9.